The van der Waals surface area contributed by atoms with E-state index >= 15 is 0 Å². The van der Waals surface area contributed by atoms with Crippen molar-refractivity contribution in [3.8, 4) is 0 Å². The number of carbonyl (C=O) groups excluding carboxylic acids is 2. The lowest BCUT2D eigenvalue weighted by Crippen LogP contribution is -2.38. The van der Waals surface area contributed by atoms with E-state index in [-0.39, 0.29) is 0 Å². The summed E-state index contributed by atoms with van der Waals surface area (Å²) in [7, 11) is 0. The van der Waals surface area contributed by atoms with Gasteiger partial charge in [0.2, 0.25) is 12.8 Å². The Morgan fingerprint density at radius 1 is 1.25 bits per heavy atom. The molecule has 0 aromatic heterocycles. The van der Waals surface area contributed by atoms with E-state index in [2.05, 4.69) is 17.6 Å². The highest BCUT2D eigenvalue weighted by Gasteiger charge is 1.91. The van der Waals surface area contributed by atoms with Crippen molar-refractivity contribution in [2.75, 3.05) is 0 Å². The standard InChI is InChI=1S/C4H7N2O2/c1-4(5-2-7)6-3-8/h2-4H,1H2,(H,5,7)(H,6,8). The van der Waals surface area contributed by atoms with Crippen LogP contribution in [0.5, 0.6) is 0 Å². The maximum Gasteiger partial charge on any atom is 0.208 e. The quantitative estimate of drug-likeness (QED) is 0.351. The fourth-order valence-electron chi connectivity index (χ4n) is 0.212. The molecule has 8 heavy (non-hydrogen) atoms. The molecule has 2 N–H and O–H groups in total. The van der Waals surface area contributed by atoms with Crippen LogP contribution in [0.4, 0.5) is 0 Å². The molecule has 0 aliphatic carbocycles. The Morgan fingerprint density at radius 3 is 1.88 bits per heavy atom. The lowest BCUT2D eigenvalue weighted by Gasteiger charge is -2.05. The average molecular weight is 115 g/mol. The van der Waals surface area contributed by atoms with Crippen LogP contribution in [0.1, 0.15) is 0 Å². The van der Waals surface area contributed by atoms with Crippen molar-refractivity contribution in [2.24, 2.45) is 0 Å². The molecule has 0 aromatic carbocycles. The molecule has 0 aliphatic rings. The van der Waals surface area contributed by atoms with E-state index in [4.69, 9.17) is 0 Å². The molecule has 0 heterocycles. The zero-order chi connectivity index (χ0) is 6.41. The number of rotatable bonds is 4. The number of amides is 2. The largest absolute Gasteiger partial charge is 0.339 e. The third-order valence-electron chi connectivity index (χ3n) is 0.538. The zero-order valence-electron chi connectivity index (χ0n) is 4.26. The van der Waals surface area contributed by atoms with E-state index in [0.29, 0.717) is 12.8 Å². The van der Waals surface area contributed by atoms with Gasteiger partial charge in [0.1, 0.15) is 6.17 Å². The van der Waals surface area contributed by atoms with Crippen LogP contribution >= 0.6 is 0 Å². The van der Waals surface area contributed by atoms with E-state index < -0.39 is 6.17 Å². The molecule has 1 radical (unpaired) electrons. The Morgan fingerprint density at radius 2 is 1.62 bits per heavy atom. The maximum atomic E-state index is 9.58. The second kappa shape index (κ2) is 4.11. The summed E-state index contributed by atoms with van der Waals surface area (Å²) in [5, 5.41) is 4.42. The normalized spacial score (nSPS) is 8.25. The third-order valence-corrected chi connectivity index (χ3v) is 0.538. The molecule has 0 saturated carbocycles. The van der Waals surface area contributed by atoms with E-state index in [1.165, 1.54) is 0 Å². The van der Waals surface area contributed by atoms with Crippen LogP contribution in [0.2, 0.25) is 0 Å². The van der Waals surface area contributed by atoms with Crippen molar-refractivity contribution >= 4 is 12.8 Å². The topological polar surface area (TPSA) is 58.2 Å². The first kappa shape index (κ1) is 6.94. The monoisotopic (exact) mass is 115 g/mol. The van der Waals surface area contributed by atoms with Gasteiger partial charge < -0.3 is 10.6 Å². The van der Waals surface area contributed by atoms with E-state index in [0.717, 1.165) is 0 Å². The maximum absolute atomic E-state index is 9.58. The summed E-state index contributed by atoms with van der Waals surface area (Å²) in [5.41, 5.74) is 0. The van der Waals surface area contributed by atoms with Gasteiger partial charge in [-0.1, -0.05) is 0 Å². The van der Waals surface area contributed by atoms with Crippen LogP contribution in [0.15, 0.2) is 0 Å². The highest BCUT2D eigenvalue weighted by atomic mass is 16.1. The Labute approximate surface area is 47.3 Å². The first-order valence-electron chi connectivity index (χ1n) is 2.03. The van der Waals surface area contributed by atoms with Crippen molar-refractivity contribution in [3.05, 3.63) is 6.92 Å². The fourth-order valence-corrected chi connectivity index (χ4v) is 0.212. The average Bonchev–Trinajstić information content (AvgIpc) is 1.68. The first-order valence-corrected chi connectivity index (χ1v) is 2.03. The molecule has 0 spiro atoms. The summed E-state index contributed by atoms with van der Waals surface area (Å²) in [6.45, 7) is 3.33. The minimum Gasteiger partial charge on any atom is -0.339 e. The Balaban J connectivity index is 3.16. The summed E-state index contributed by atoms with van der Waals surface area (Å²) in [6, 6.07) is 0. The SMILES string of the molecule is [CH2]C(NC=O)NC=O. The van der Waals surface area contributed by atoms with Crippen molar-refractivity contribution in [2.45, 2.75) is 6.17 Å². The van der Waals surface area contributed by atoms with E-state index in [9.17, 15) is 9.59 Å². The summed E-state index contributed by atoms with van der Waals surface area (Å²) in [5.74, 6) is 0. The smallest absolute Gasteiger partial charge is 0.208 e. The Kier molecular flexibility index (Phi) is 3.56. The van der Waals surface area contributed by atoms with Crippen molar-refractivity contribution in [3.63, 3.8) is 0 Å². The van der Waals surface area contributed by atoms with E-state index in [1.54, 1.807) is 0 Å². The molecule has 2 amide bonds. The number of hydrogen-bond donors (Lipinski definition) is 2. The van der Waals surface area contributed by atoms with Crippen molar-refractivity contribution in [1.82, 2.24) is 10.6 Å². The molecule has 45 valence electrons. The zero-order valence-corrected chi connectivity index (χ0v) is 4.26. The highest BCUT2D eigenvalue weighted by molar-refractivity contribution is 5.51. The Bertz CT molecular complexity index is 74.1. The second-order valence-electron chi connectivity index (χ2n) is 1.12. The molecule has 4 heteroatoms. The highest BCUT2D eigenvalue weighted by Crippen LogP contribution is 1.62. The molecule has 0 atom stereocenters. The van der Waals surface area contributed by atoms with Crippen LogP contribution < -0.4 is 10.6 Å². The third kappa shape index (κ3) is 3.14. The van der Waals surface area contributed by atoms with Gasteiger partial charge in [-0.05, 0) is 6.92 Å². The minimum atomic E-state index is -0.523. The summed E-state index contributed by atoms with van der Waals surface area (Å²) >= 11 is 0. The summed E-state index contributed by atoms with van der Waals surface area (Å²) in [4.78, 5) is 19.2. The molecule has 0 fully saturated rings. The predicted octanol–water partition coefficient (Wildman–Crippen LogP) is -1.36. The molecular formula is C4H7N2O2. The molecule has 4 nitrogen and oxygen atoms in total. The molecule has 0 unspecified atom stereocenters. The minimum absolute atomic E-state index is 0.466. The summed E-state index contributed by atoms with van der Waals surface area (Å²) < 4.78 is 0. The van der Waals surface area contributed by atoms with Crippen molar-refractivity contribution in [1.29, 1.82) is 0 Å². The van der Waals surface area contributed by atoms with Gasteiger partial charge in [0, 0.05) is 0 Å². The summed E-state index contributed by atoms with van der Waals surface area (Å²) in [6.07, 6.45) is 0.410. The molecule has 0 rings (SSSR count). The van der Waals surface area contributed by atoms with Crippen LogP contribution in [-0.4, -0.2) is 19.0 Å². The van der Waals surface area contributed by atoms with Gasteiger partial charge in [-0.3, -0.25) is 9.59 Å². The number of hydrogen-bond acceptors (Lipinski definition) is 2. The van der Waals surface area contributed by atoms with Gasteiger partial charge in [0.25, 0.3) is 0 Å². The van der Waals surface area contributed by atoms with E-state index in [1.807, 2.05) is 0 Å². The van der Waals surface area contributed by atoms with Gasteiger partial charge in [-0.2, -0.15) is 0 Å². The molecule has 0 aromatic rings. The van der Waals surface area contributed by atoms with Gasteiger partial charge in [-0.25, -0.2) is 0 Å². The van der Waals surface area contributed by atoms with Crippen LogP contribution in [0, 0.1) is 6.92 Å². The molecule has 0 saturated heterocycles. The first-order chi connectivity index (χ1) is 3.81. The second-order valence-corrected chi connectivity index (χ2v) is 1.12. The molecule has 0 bridgehead atoms. The lowest BCUT2D eigenvalue weighted by molar-refractivity contribution is -0.111. The van der Waals surface area contributed by atoms with Gasteiger partial charge in [-0.15, -0.1) is 0 Å². The van der Waals surface area contributed by atoms with Gasteiger partial charge in [0.05, 0.1) is 0 Å². The van der Waals surface area contributed by atoms with Gasteiger partial charge >= 0.3 is 0 Å². The van der Waals surface area contributed by atoms with Crippen LogP contribution in [0.25, 0.3) is 0 Å². The van der Waals surface area contributed by atoms with Crippen LogP contribution in [-0.2, 0) is 9.59 Å². The van der Waals surface area contributed by atoms with Gasteiger partial charge in [0.15, 0.2) is 0 Å². The number of carbonyl (C=O) groups is 2. The number of nitrogens with one attached hydrogen (secondary N) is 2. The fraction of sp³-hybridized carbons (Fsp3) is 0.250. The molecule has 0 aliphatic heterocycles. The van der Waals surface area contributed by atoms with Crippen LogP contribution in [0.3, 0.4) is 0 Å². The predicted molar refractivity (Wildman–Crippen MR) is 27.5 cm³/mol. The molecular weight excluding hydrogens is 108 g/mol. The van der Waals surface area contributed by atoms with Crippen molar-refractivity contribution < 1.29 is 9.59 Å². The lowest BCUT2D eigenvalue weighted by atomic mass is 10.6. The Hall–Kier alpha value is -1.06.